The number of carbonyl (C=O) groups excluding carboxylic acids is 1. The molecule has 1 aliphatic carbocycles. The summed E-state index contributed by atoms with van der Waals surface area (Å²) in [6, 6.07) is 0. The molecule has 0 spiro atoms. The summed E-state index contributed by atoms with van der Waals surface area (Å²) >= 11 is 7.36. The van der Waals surface area contributed by atoms with E-state index in [1.54, 1.807) is 0 Å². The first-order chi connectivity index (χ1) is 7.58. The predicted octanol–water partition coefficient (Wildman–Crippen LogP) is 2.21. The van der Waals surface area contributed by atoms with Crippen LogP contribution in [-0.2, 0) is 0 Å². The Bertz CT molecular complexity index is 412. The lowest BCUT2D eigenvalue weighted by atomic mass is 10.1. The van der Waals surface area contributed by atoms with Crippen LogP contribution >= 0.6 is 22.9 Å². The number of aryl methyl sites for hydroxylation is 1. The third-order valence-corrected chi connectivity index (χ3v) is 4.72. The Morgan fingerprint density at radius 1 is 1.69 bits per heavy atom. The normalized spacial score (nSPS) is 17.2. The van der Waals surface area contributed by atoms with Crippen LogP contribution < -0.4 is 5.32 Å². The van der Waals surface area contributed by atoms with E-state index in [0.717, 1.165) is 18.4 Å². The molecule has 0 atom stereocenters. The second-order valence-corrected chi connectivity index (χ2v) is 5.66. The number of aliphatic hydroxyl groups is 1. The minimum atomic E-state index is -0.136. The van der Waals surface area contributed by atoms with Crippen molar-refractivity contribution in [1.29, 1.82) is 0 Å². The van der Waals surface area contributed by atoms with Crippen molar-refractivity contribution in [2.45, 2.75) is 19.8 Å². The first-order valence-corrected chi connectivity index (χ1v) is 6.46. The van der Waals surface area contributed by atoms with Gasteiger partial charge in [0.2, 0.25) is 0 Å². The zero-order chi connectivity index (χ0) is 11.8. The molecule has 0 radical (unpaired) electrons. The van der Waals surface area contributed by atoms with E-state index in [1.807, 2.05) is 12.3 Å². The lowest BCUT2D eigenvalue weighted by Crippen LogP contribution is -2.31. The van der Waals surface area contributed by atoms with Gasteiger partial charge in [0, 0.05) is 12.0 Å². The number of hydrogen-bond donors (Lipinski definition) is 2. The van der Waals surface area contributed by atoms with Crippen molar-refractivity contribution >= 4 is 28.8 Å². The number of aliphatic hydroxyl groups excluding tert-OH is 1. The Morgan fingerprint density at radius 2 is 2.38 bits per heavy atom. The third-order valence-electron chi connectivity index (χ3n) is 3.02. The molecule has 1 amide bonds. The minimum Gasteiger partial charge on any atom is -0.396 e. The molecule has 1 aromatic rings. The fourth-order valence-electron chi connectivity index (χ4n) is 1.50. The summed E-state index contributed by atoms with van der Waals surface area (Å²) in [4.78, 5) is 12.4. The van der Waals surface area contributed by atoms with Gasteiger partial charge in [-0.1, -0.05) is 11.6 Å². The van der Waals surface area contributed by atoms with Gasteiger partial charge in [0.05, 0.1) is 11.6 Å². The average Bonchev–Trinajstić information content (AvgIpc) is 2.99. The van der Waals surface area contributed by atoms with Crippen molar-refractivity contribution in [3.63, 3.8) is 0 Å². The molecule has 1 saturated carbocycles. The number of carbonyl (C=O) groups is 1. The quantitative estimate of drug-likeness (QED) is 0.871. The van der Waals surface area contributed by atoms with Gasteiger partial charge in [-0.25, -0.2) is 0 Å². The highest BCUT2D eigenvalue weighted by molar-refractivity contribution is 7.13. The topological polar surface area (TPSA) is 49.3 Å². The number of nitrogens with one attached hydrogen (secondary N) is 1. The summed E-state index contributed by atoms with van der Waals surface area (Å²) in [5, 5.41) is 14.4. The molecule has 1 fully saturated rings. The van der Waals surface area contributed by atoms with Crippen molar-refractivity contribution in [3.8, 4) is 0 Å². The van der Waals surface area contributed by atoms with E-state index in [-0.39, 0.29) is 17.9 Å². The van der Waals surface area contributed by atoms with Gasteiger partial charge < -0.3 is 10.4 Å². The van der Waals surface area contributed by atoms with Gasteiger partial charge in [0.1, 0.15) is 4.88 Å². The molecular formula is C11H14ClNO2S. The SMILES string of the molecule is Cc1csc(C(=O)NCC2(CO)CC2)c1Cl. The van der Waals surface area contributed by atoms with E-state index in [0.29, 0.717) is 16.4 Å². The summed E-state index contributed by atoms with van der Waals surface area (Å²) < 4.78 is 0. The summed E-state index contributed by atoms with van der Waals surface area (Å²) in [5.41, 5.74) is 0.870. The summed E-state index contributed by atoms with van der Waals surface area (Å²) in [6.45, 7) is 2.56. The second-order valence-electron chi connectivity index (χ2n) is 4.40. The lowest BCUT2D eigenvalue weighted by molar-refractivity contribution is 0.0939. The predicted molar refractivity (Wildman–Crippen MR) is 65.2 cm³/mol. The van der Waals surface area contributed by atoms with E-state index in [9.17, 15) is 4.79 Å². The second kappa shape index (κ2) is 4.35. The molecule has 0 saturated heterocycles. The number of thiophene rings is 1. The fourth-order valence-corrected chi connectivity index (χ4v) is 2.69. The maximum Gasteiger partial charge on any atom is 0.262 e. The van der Waals surface area contributed by atoms with Crippen molar-refractivity contribution in [2.75, 3.05) is 13.2 Å². The van der Waals surface area contributed by atoms with E-state index in [4.69, 9.17) is 16.7 Å². The fraction of sp³-hybridized carbons (Fsp3) is 0.545. The zero-order valence-corrected chi connectivity index (χ0v) is 10.6. The third kappa shape index (κ3) is 2.24. The monoisotopic (exact) mass is 259 g/mol. The molecule has 0 aromatic carbocycles. The van der Waals surface area contributed by atoms with Crippen LogP contribution in [0.15, 0.2) is 5.38 Å². The number of amides is 1. The van der Waals surface area contributed by atoms with Gasteiger partial charge in [0.15, 0.2) is 0 Å². The molecule has 88 valence electrons. The van der Waals surface area contributed by atoms with Gasteiger partial charge in [0.25, 0.3) is 5.91 Å². The van der Waals surface area contributed by atoms with Crippen molar-refractivity contribution in [3.05, 3.63) is 20.8 Å². The summed E-state index contributed by atoms with van der Waals surface area (Å²) in [7, 11) is 0. The Labute approximate surface area is 103 Å². The number of hydrogen-bond acceptors (Lipinski definition) is 3. The van der Waals surface area contributed by atoms with E-state index < -0.39 is 0 Å². The van der Waals surface area contributed by atoms with Crippen LogP contribution in [0.25, 0.3) is 0 Å². The highest BCUT2D eigenvalue weighted by atomic mass is 35.5. The minimum absolute atomic E-state index is 0.0611. The molecule has 3 nitrogen and oxygen atoms in total. The van der Waals surface area contributed by atoms with Gasteiger partial charge in [-0.2, -0.15) is 0 Å². The summed E-state index contributed by atoms with van der Waals surface area (Å²) in [6.07, 6.45) is 1.97. The van der Waals surface area contributed by atoms with Gasteiger partial charge in [-0.05, 0) is 30.7 Å². The number of halogens is 1. The van der Waals surface area contributed by atoms with Crippen LogP contribution in [0.4, 0.5) is 0 Å². The van der Waals surface area contributed by atoms with Crippen LogP contribution in [-0.4, -0.2) is 24.2 Å². The zero-order valence-electron chi connectivity index (χ0n) is 9.05. The van der Waals surface area contributed by atoms with E-state index >= 15 is 0 Å². The molecule has 0 bridgehead atoms. The number of rotatable bonds is 4. The molecule has 2 rings (SSSR count). The molecule has 5 heteroatoms. The first-order valence-electron chi connectivity index (χ1n) is 5.21. The lowest BCUT2D eigenvalue weighted by Gasteiger charge is -2.12. The molecule has 0 unspecified atom stereocenters. The highest BCUT2D eigenvalue weighted by Gasteiger charge is 2.42. The summed E-state index contributed by atoms with van der Waals surface area (Å²) in [5.74, 6) is -0.136. The molecular weight excluding hydrogens is 246 g/mol. The molecule has 1 aromatic heterocycles. The van der Waals surface area contributed by atoms with Crippen LogP contribution in [0, 0.1) is 12.3 Å². The molecule has 1 aliphatic rings. The Balaban J connectivity index is 1.96. The Kier molecular flexibility index (Phi) is 3.24. The maximum absolute atomic E-state index is 11.8. The molecule has 0 aliphatic heterocycles. The van der Waals surface area contributed by atoms with Crippen LogP contribution in [0.5, 0.6) is 0 Å². The van der Waals surface area contributed by atoms with E-state index in [2.05, 4.69) is 5.32 Å². The van der Waals surface area contributed by atoms with E-state index in [1.165, 1.54) is 11.3 Å². The molecule has 2 N–H and O–H groups in total. The van der Waals surface area contributed by atoms with Crippen molar-refractivity contribution in [1.82, 2.24) is 5.32 Å². The smallest absolute Gasteiger partial charge is 0.262 e. The average molecular weight is 260 g/mol. The first kappa shape index (κ1) is 11.9. The Hall–Kier alpha value is -0.580. The van der Waals surface area contributed by atoms with Crippen molar-refractivity contribution < 1.29 is 9.90 Å². The van der Waals surface area contributed by atoms with Crippen LogP contribution in [0.2, 0.25) is 5.02 Å². The Morgan fingerprint density at radius 3 is 2.81 bits per heavy atom. The van der Waals surface area contributed by atoms with Gasteiger partial charge in [-0.15, -0.1) is 11.3 Å². The standard InChI is InChI=1S/C11H14ClNO2S/c1-7-4-16-9(8(7)12)10(15)13-5-11(6-14)2-3-11/h4,14H,2-3,5-6H2,1H3,(H,13,15). The van der Waals surface area contributed by atoms with Crippen LogP contribution in [0.1, 0.15) is 28.1 Å². The highest BCUT2D eigenvalue weighted by Crippen LogP contribution is 2.44. The largest absolute Gasteiger partial charge is 0.396 e. The maximum atomic E-state index is 11.8. The molecule has 1 heterocycles. The van der Waals surface area contributed by atoms with Crippen molar-refractivity contribution in [2.24, 2.45) is 5.41 Å². The van der Waals surface area contributed by atoms with Gasteiger partial charge in [-0.3, -0.25) is 4.79 Å². The molecule has 16 heavy (non-hydrogen) atoms. The van der Waals surface area contributed by atoms with Crippen LogP contribution in [0.3, 0.4) is 0 Å². The van der Waals surface area contributed by atoms with Gasteiger partial charge >= 0.3 is 0 Å².